The fourth-order valence-corrected chi connectivity index (χ4v) is 4.97. The molecule has 0 radical (unpaired) electrons. The summed E-state index contributed by atoms with van der Waals surface area (Å²) >= 11 is 0. The first kappa shape index (κ1) is 10.7. The molecule has 4 aliphatic rings. The van der Waals surface area contributed by atoms with Gasteiger partial charge in [-0.25, -0.2) is 0 Å². The molecule has 2 nitrogen and oxygen atoms in total. The number of benzene rings is 1. The van der Waals surface area contributed by atoms with Crippen LogP contribution in [0.2, 0.25) is 0 Å². The van der Waals surface area contributed by atoms with E-state index in [-0.39, 0.29) is 0 Å². The summed E-state index contributed by atoms with van der Waals surface area (Å²) in [6, 6.07) is 8.90. The van der Waals surface area contributed by atoms with Gasteiger partial charge in [-0.3, -0.25) is 0 Å². The van der Waals surface area contributed by atoms with Gasteiger partial charge >= 0.3 is 0 Å². The van der Waals surface area contributed by atoms with E-state index < -0.39 is 0 Å². The molecule has 96 valence electrons. The zero-order chi connectivity index (χ0) is 12.1. The maximum atomic E-state index is 6.06. The molecule has 0 heterocycles. The van der Waals surface area contributed by atoms with Crippen molar-refractivity contribution in [1.82, 2.24) is 0 Å². The van der Waals surface area contributed by atoms with Gasteiger partial charge in [0.05, 0.1) is 11.4 Å². The summed E-state index contributed by atoms with van der Waals surface area (Å²) in [7, 11) is 0. The van der Waals surface area contributed by atoms with Crippen molar-refractivity contribution in [3.63, 3.8) is 0 Å². The van der Waals surface area contributed by atoms with Crippen LogP contribution in [0.5, 0.6) is 0 Å². The maximum absolute atomic E-state index is 6.06. The van der Waals surface area contributed by atoms with E-state index in [2.05, 4.69) is 17.4 Å². The molecule has 0 atom stereocenters. The summed E-state index contributed by atoms with van der Waals surface area (Å²) in [5, 5.41) is 3.77. The molecule has 2 heteroatoms. The maximum Gasteiger partial charge on any atom is 0.0576 e. The van der Waals surface area contributed by atoms with E-state index in [0.29, 0.717) is 6.04 Å². The molecular weight excluding hydrogens is 220 g/mol. The van der Waals surface area contributed by atoms with Gasteiger partial charge in [0.25, 0.3) is 0 Å². The van der Waals surface area contributed by atoms with Gasteiger partial charge in [-0.1, -0.05) is 12.1 Å². The van der Waals surface area contributed by atoms with E-state index in [1.165, 1.54) is 32.1 Å². The van der Waals surface area contributed by atoms with Gasteiger partial charge in [-0.15, -0.1) is 0 Å². The van der Waals surface area contributed by atoms with Crippen LogP contribution in [-0.2, 0) is 0 Å². The minimum atomic E-state index is 0.683. The average molecular weight is 242 g/mol. The van der Waals surface area contributed by atoms with E-state index in [1.54, 1.807) is 0 Å². The number of hydrogen-bond donors (Lipinski definition) is 2. The van der Waals surface area contributed by atoms with E-state index in [4.69, 9.17) is 5.73 Å². The molecule has 1 aromatic carbocycles. The Bertz CT molecular complexity index is 426. The highest BCUT2D eigenvalue weighted by Crippen LogP contribution is 2.54. The number of nitrogen functional groups attached to an aromatic ring is 1. The van der Waals surface area contributed by atoms with Crippen LogP contribution in [0.15, 0.2) is 24.3 Å². The summed E-state index contributed by atoms with van der Waals surface area (Å²) in [4.78, 5) is 0. The van der Waals surface area contributed by atoms with Crippen LogP contribution in [0.25, 0.3) is 0 Å². The van der Waals surface area contributed by atoms with Crippen molar-refractivity contribution in [1.29, 1.82) is 0 Å². The van der Waals surface area contributed by atoms with Crippen molar-refractivity contribution in [3.05, 3.63) is 24.3 Å². The lowest BCUT2D eigenvalue weighted by atomic mass is 9.54. The molecule has 4 aliphatic carbocycles. The summed E-state index contributed by atoms with van der Waals surface area (Å²) < 4.78 is 0. The van der Waals surface area contributed by atoms with Gasteiger partial charge in [-0.2, -0.15) is 0 Å². The van der Waals surface area contributed by atoms with Crippen molar-refractivity contribution in [2.75, 3.05) is 11.1 Å². The van der Waals surface area contributed by atoms with Gasteiger partial charge in [0.1, 0.15) is 0 Å². The average Bonchev–Trinajstić information content (AvgIpc) is 2.35. The summed E-state index contributed by atoms with van der Waals surface area (Å²) in [5.74, 6) is 3.89. The van der Waals surface area contributed by atoms with Gasteiger partial charge < -0.3 is 11.1 Å². The van der Waals surface area contributed by atoms with Crippen molar-refractivity contribution in [2.24, 2.45) is 23.7 Å². The van der Waals surface area contributed by atoms with Crippen LogP contribution in [0.3, 0.4) is 0 Å². The second kappa shape index (κ2) is 3.91. The molecule has 0 aliphatic heterocycles. The lowest BCUT2D eigenvalue weighted by molar-refractivity contribution is 0.00756. The van der Waals surface area contributed by atoms with Crippen LogP contribution in [0, 0.1) is 23.7 Å². The predicted molar refractivity (Wildman–Crippen MR) is 75.3 cm³/mol. The standard InChI is InChI=1S/C16H22N2/c17-14-3-1-2-4-15(14)18-16-12-6-10-5-11(8-12)9-13(16)7-10/h1-4,10-13,16,18H,5-9,17H2. The van der Waals surface area contributed by atoms with E-state index in [9.17, 15) is 0 Å². The Labute approximate surface area is 109 Å². The first-order valence-corrected chi connectivity index (χ1v) is 7.40. The molecule has 18 heavy (non-hydrogen) atoms. The molecular formula is C16H22N2. The largest absolute Gasteiger partial charge is 0.397 e. The van der Waals surface area contributed by atoms with Crippen LogP contribution in [0.4, 0.5) is 11.4 Å². The SMILES string of the molecule is Nc1ccccc1NC1C2CC3CC(C2)CC1C3. The van der Waals surface area contributed by atoms with Gasteiger partial charge in [-0.05, 0) is 67.9 Å². The minimum Gasteiger partial charge on any atom is -0.397 e. The number of nitrogens with one attached hydrogen (secondary N) is 1. The van der Waals surface area contributed by atoms with E-state index in [0.717, 1.165) is 35.0 Å². The second-order valence-electron chi connectivity index (χ2n) is 6.69. The smallest absolute Gasteiger partial charge is 0.0576 e. The Morgan fingerprint density at radius 1 is 0.889 bits per heavy atom. The highest BCUT2D eigenvalue weighted by Gasteiger charge is 2.48. The lowest BCUT2D eigenvalue weighted by Crippen LogP contribution is -2.51. The molecule has 0 amide bonds. The molecule has 4 bridgehead atoms. The normalized spacial score (nSPS) is 41.0. The quantitative estimate of drug-likeness (QED) is 0.779. The fraction of sp³-hybridized carbons (Fsp3) is 0.625. The van der Waals surface area contributed by atoms with Crippen molar-refractivity contribution in [3.8, 4) is 0 Å². The van der Waals surface area contributed by atoms with Gasteiger partial charge in [0, 0.05) is 6.04 Å². The molecule has 3 N–H and O–H groups in total. The first-order valence-electron chi connectivity index (χ1n) is 7.40. The second-order valence-corrected chi connectivity index (χ2v) is 6.69. The number of hydrogen-bond acceptors (Lipinski definition) is 2. The van der Waals surface area contributed by atoms with Crippen molar-refractivity contribution < 1.29 is 0 Å². The Kier molecular flexibility index (Phi) is 2.33. The summed E-state index contributed by atoms with van der Waals surface area (Å²) in [6.07, 6.45) is 7.34. The summed E-state index contributed by atoms with van der Waals surface area (Å²) in [6.45, 7) is 0. The lowest BCUT2D eigenvalue weighted by Gasteiger charge is -2.54. The molecule has 0 unspecified atom stereocenters. The van der Waals surface area contributed by atoms with Crippen LogP contribution in [0.1, 0.15) is 32.1 Å². The molecule has 5 rings (SSSR count). The Morgan fingerprint density at radius 3 is 2.11 bits per heavy atom. The highest BCUT2D eigenvalue weighted by molar-refractivity contribution is 5.66. The van der Waals surface area contributed by atoms with Gasteiger partial charge in [0.2, 0.25) is 0 Å². The third kappa shape index (κ3) is 1.62. The van der Waals surface area contributed by atoms with Crippen LogP contribution < -0.4 is 11.1 Å². The molecule has 0 saturated heterocycles. The van der Waals surface area contributed by atoms with E-state index in [1.807, 2.05) is 12.1 Å². The number of anilines is 2. The Morgan fingerprint density at radius 2 is 1.50 bits per heavy atom. The van der Waals surface area contributed by atoms with Crippen molar-refractivity contribution in [2.45, 2.75) is 38.1 Å². The molecule has 4 fully saturated rings. The number of para-hydroxylation sites is 2. The summed E-state index contributed by atoms with van der Waals surface area (Å²) in [5.41, 5.74) is 8.10. The third-order valence-corrected chi connectivity index (χ3v) is 5.51. The molecule has 0 aromatic heterocycles. The number of rotatable bonds is 2. The Hall–Kier alpha value is -1.18. The Balaban J connectivity index is 1.57. The van der Waals surface area contributed by atoms with Crippen LogP contribution in [-0.4, -0.2) is 6.04 Å². The topological polar surface area (TPSA) is 38.0 Å². The van der Waals surface area contributed by atoms with Crippen LogP contribution >= 0.6 is 0 Å². The zero-order valence-electron chi connectivity index (χ0n) is 10.8. The molecule has 0 spiro atoms. The minimum absolute atomic E-state index is 0.683. The monoisotopic (exact) mass is 242 g/mol. The highest BCUT2D eigenvalue weighted by atomic mass is 15.0. The zero-order valence-corrected chi connectivity index (χ0v) is 10.8. The number of nitrogens with two attached hydrogens (primary N) is 1. The van der Waals surface area contributed by atoms with E-state index >= 15 is 0 Å². The van der Waals surface area contributed by atoms with Crippen molar-refractivity contribution >= 4 is 11.4 Å². The van der Waals surface area contributed by atoms with Gasteiger partial charge in [0.15, 0.2) is 0 Å². The first-order chi connectivity index (χ1) is 8.79. The molecule has 4 saturated carbocycles. The predicted octanol–water partition coefficient (Wildman–Crippen LogP) is 3.51. The fourth-order valence-electron chi connectivity index (χ4n) is 4.97. The third-order valence-electron chi connectivity index (χ3n) is 5.51. The molecule has 1 aromatic rings.